The molecule has 0 aromatic carbocycles. The van der Waals surface area contributed by atoms with Gasteiger partial charge < -0.3 is 5.32 Å². The molecule has 0 bridgehead atoms. The molecular weight excluding hydrogens is 365 g/mol. The van der Waals surface area contributed by atoms with Gasteiger partial charge in [0.05, 0.1) is 12.1 Å². The average molecular weight is 377 g/mol. The minimum Gasteiger partial charge on any atom is -0.365 e. The highest BCUT2D eigenvalue weighted by atomic mass is 79.9. The zero-order chi connectivity index (χ0) is 15.0. The summed E-state index contributed by atoms with van der Waals surface area (Å²) in [5.74, 6) is -0.126. The molecule has 7 heteroatoms. The first-order chi connectivity index (χ1) is 9.93. The van der Waals surface area contributed by atoms with Gasteiger partial charge in [-0.3, -0.25) is 0 Å². The number of aryl methyl sites for hydroxylation is 2. The molecule has 2 aromatic rings. The molecule has 0 unspecified atom stereocenters. The molecule has 21 heavy (non-hydrogen) atoms. The normalized spacial score (nSPS) is 14.3. The van der Waals surface area contributed by atoms with Gasteiger partial charge >= 0.3 is 6.18 Å². The fourth-order valence-corrected chi connectivity index (χ4v) is 3.98. The van der Waals surface area contributed by atoms with Crippen LogP contribution in [-0.4, -0.2) is 4.98 Å². The maximum Gasteiger partial charge on any atom is 0.419 e. The van der Waals surface area contributed by atoms with Crippen LogP contribution in [-0.2, 0) is 25.6 Å². The van der Waals surface area contributed by atoms with Crippen molar-refractivity contribution in [3.05, 3.63) is 43.7 Å². The van der Waals surface area contributed by atoms with Crippen molar-refractivity contribution < 1.29 is 13.2 Å². The predicted molar refractivity (Wildman–Crippen MR) is 80.6 cm³/mol. The predicted octanol–water partition coefficient (Wildman–Crippen LogP) is 5.03. The number of aromatic nitrogens is 1. The highest BCUT2D eigenvalue weighted by molar-refractivity contribution is 9.10. The third-order valence-electron chi connectivity index (χ3n) is 3.39. The summed E-state index contributed by atoms with van der Waals surface area (Å²) in [4.78, 5) is 6.27. The molecule has 1 N–H and O–H groups in total. The van der Waals surface area contributed by atoms with E-state index < -0.39 is 11.7 Å². The molecule has 1 aliphatic rings. The van der Waals surface area contributed by atoms with Crippen LogP contribution in [0.5, 0.6) is 0 Å². The van der Waals surface area contributed by atoms with Crippen molar-refractivity contribution >= 4 is 33.1 Å². The zero-order valence-corrected chi connectivity index (χ0v) is 13.3. The van der Waals surface area contributed by atoms with Gasteiger partial charge in [-0.25, -0.2) is 4.98 Å². The van der Waals surface area contributed by atoms with Gasteiger partial charge in [-0.15, -0.1) is 11.3 Å². The first-order valence-electron chi connectivity index (χ1n) is 6.50. The van der Waals surface area contributed by atoms with Crippen molar-refractivity contribution in [2.45, 2.75) is 32.0 Å². The van der Waals surface area contributed by atoms with Gasteiger partial charge in [-0.05, 0) is 52.9 Å². The maximum absolute atomic E-state index is 13.0. The second-order valence-corrected chi connectivity index (χ2v) is 7.05. The number of nitrogens with one attached hydrogen (secondary N) is 1. The van der Waals surface area contributed by atoms with E-state index in [9.17, 15) is 13.2 Å². The second-order valence-electron chi connectivity index (χ2n) is 4.92. The highest BCUT2D eigenvalue weighted by Crippen LogP contribution is 2.36. The molecule has 2 nitrogen and oxygen atoms in total. The largest absolute Gasteiger partial charge is 0.419 e. The van der Waals surface area contributed by atoms with Crippen LogP contribution in [0.15, 0.2) is 22.8 Å². The SMILES string of the molecule is FC(F)(F)c1cc(Br)cnc1NCc1cc2c(s1)CCC2. The van der Waals surface area contributed by atoms with Crippen LogP contribution < -0.4 is 5.32 Å². The van der Waals surface area contributed by atoms with E-state index in [0.29, 0.717) is 11.0 Å². The summed E-state index contributed by atoms with van der Waals surface area (Å²) in [5.41, 5.74) is 0.595. The molecule has 1 aliphatic carbocycles. The Balaban J connectivity index is 1.78. The number of hydrogen-bond acceptors (Lipinski definition) is 3. The number of anilines is 1. The van der Waals surface area contributed by atoms with E-state index >= 15 is 0 Å². The van der Waals surface area contributed by atoms with E-state index in [0.717, 1.165) is 23.8 Å². The number of rotatable bonds is 3. The van der Waals surface area contributed by atoms with Gasteiger partial charge in [0.1, 0.15) is 5.82 Å². The Morgan fingerprint density at radius 3 is 2.81 bits per heavy atom. The lowest BCUT2D eigenvalue weighted by Crippen LogP contribution is -2.12. The van der Waals surface area contributed by atoms with Crippen molar-refractivity contribution in [3.63, 3.8) is 0 Å². The molecule has 112 valence electrons. The van der Waals surface area contributed by atoms with Crippen LogP contribution >= 0.6 is 27.3 Å². The molecule has 0 saturated heterocycles. The Kier molecular flexibility index (Phi) is 3.96. The molecular formula is C14H12BrF3N2S. The summed E-state index contributed by atoms with van der Waals surface area (Å²) in [7, 11) is 0. The zero-order valence-electron chi connectivity index (χ0n) is 10.9. The quantitative estimate of drug-likeness (QED) is 0.812. The monoisotopic (exact) mass is 376 g/mol. The third kappa shape index (κ3) is 3.23. The van der Waals surface area contributed by atoms with Crippen molar-refractivity contribution in [1.29, 1.82) is 0 Å². The molecule has 0 spiro atoms. The van der Waals surface area contributed by atoms with Gasteiger partial charge in [0.2, 0.25) is 0 Å². The van der Waals surface area contributed by atoms with Gasteiger partial charge in [-0.1, -0.05) is 0 Å². The minimum atomic E-state index is -4.42. The molecule has 3 rings (SSSR count). The summed E-state index contributed by atoms with van der Waals surface area (Å²) < 4.78 is 39.3. The standard InChI is InChI=1S/C14H12BrF3N2S/c15-9-5-11(14(16,17)18)13(19-6-9)20-7-10-4-8-2-1-3-12(8)21-10/h4-6H,1-3,7H2,(H,19,20). The van der Waals surface area contributed by atoms with E-state index in [4.69, 9.17) is 0 Å². The second kappa shape index (κ2) is 5.61. The summed E-state index contributed by atoms with van der Waals surface area (Å²) in [6.45, 7) is 0.370. The van der Waals surface area contributed by atoms with Gasteiger partial charge in [-0.2, -0.15) is 13.2 Å². The van der Waals surface area contributed by atoms with Gasteiger partial charge in [0, 0.05) is 20.4 Å². The van der Waals surface area contributed by atoms with Crippen molar-refractivity contribution in [1.82, 2.24) is 4.98 Å². The van der Waals surface area contributed by atoms with Crippen LogP contribution in [0, 0.1) is 0 Å². The summed E-state index contributed by atoms with van der Waals surface area (Å²) in [6.07, 6.45) is 0.296. The van der Waals surface area contributed by atoms with Gasteiger partial charge in [0.25, 0.3) is 0 Å². The smallest absolute Gasteiger partial charge is 0.365 e. The van der Waals surface area contributed by atoms with Crippen molar-refractivity contribution in [3.8, 4) is 0 Å². The number of fused-ring (bicyclic) bond motifs is 1. The maximum atomic E-state index is 13.0. The topological polar surface area (TPSA) is 24.9 Å². The summed E-state index contributed by atoms with van der Waals surface area (Å²) in [5, 5.41) is 2.81. The Morgan fingerprint density at radius 2 is 2.10 bits per heavy atom. The molecule has 0 radical (unpaired) electrons. The molecule has 0 amide bonds. The number of thiophene rings is 1. The Labute approximate surface area is 132 Å². The Bertz CT molecular complexity index is 645. The molecule has 0 saturated carbocycles. The Morgan fingerprint density at radius 1 is 1.29 bits per heavy atom. The number of alkyl halides is 3. The average Bonchev–Trinajstić information content (AvgIpc) is 2.96. The van der Waals surface area contributed by atoms with Crippen molar-refractivity contribution in [2.75, 3.05) is 5.32 Å². The fraction of sp³-hybridized carbons (Fsp3) is 0.357. The van der Waals surface area contributed by atoms with E-state index in [1.807, 2.05) is 0 Å². The van der Waals surface area contributed by atoms with Crippen LogP contribution in [0.25, 0.3) is 0 Å². The summed E-state index contributed by atoms with van der Waals surface area (Å²) >= 11 is 4.70. The number of hydrogen-bond donors (Lipinski definition) is 1. The molecule has 2 heterocycles. The van der Waals surface area contributed by atoms with E-state index in [-0.39, 0.29) is 5.82 Å². The lowest BCUT2D eigenvalue weighted by atomic mass is 10.2. The first kappa shape index (κ1) is 14.8. The molecule has 0 atom stereocenters. The van der Waals surface area contributed by atoms with Gasteiger partial charge in [0.15, 0.2) is 0 Å². The minimum absolute atomic E-state index is 0.126. The van der Waals surface area contributed by atoms with E-state index in [1.54, 1.807) is 11.3 Å². The molecule has 0 aliphatic heterocycles. The summed E-state index contributed by atoms with van der Waals surface area (Å²) in [6, 6.07) is 3.13. The fourth-order valence-electron chi connectivity index (χ4n) is 2.44. The number of pyridine rings is 1. The van der Waals surface area contributed by atoms with Crippen molar-refractivity contribution in [2.24, 2.45) is 0 Å². The molecule has 2 aromatic heterocycles. The first-order valence-corrected chi connectivity index (χ1v) is 8.11. The Hall–Kier alpha value is -1.08. The van der Waals surface area contributed by atoms with Crippen LogP contribution in [0.3, 0.4) is 0 Å². The van der Waals surface area contributed by atoms with Crippen LogP contribution in [0.4, 0.5) is 19.0 Å². The van der Waals surface area contributed by atoms with E-state index in [2.05, 4.69) is 32.3 Å². The van der Waals surface area contributed by atoms with E-state index in [1.165, 1.54) is 23.1 Å². The number of nitrogens with zero attached hydrogens (tertiary/aromatic N) is 1. The number of halogens is 4. The van der Waals surface area contributed by atoms with Crippen LogP contribution in [0.2, 0.25) is 0 Å². The molecule has 0 fully saturated rings. The lowest BCUT2D eigenvalue weighted by Gasteiger charge is -2.13. The van der Waals surface area contributed by atoms with Crippen LogP contribution in [0.1, 0.15) is 27.3 Å². The third-order valence-corrected chi connectivity index (χ3v) is 5.06. The highest BCUT2D eigenvalue weighted by Gasteiger charge is 2.34. The lowest BCUT2D eigenvalue weighted by molar-refractivity contribution is -0.137.